The zero-order chi connectivity index (χ0) is 27.9. The van der Waals surface area contributed by atoms with Crippen LogP contribution in [0.3, 0.4) is 0 Å². The molecule has 1 aliphatic rings. The second kappa shape index (κ2) is 10.3. The molecule has 4 aromatic carbocycles. The highest BCUT2D eigenvalue weighted by atomic mass is 16.2. The van der Waals surface area contributed by atoms with Crippen LogP contribution in [-0.4, -0.2) is 21.6 Å². The van der Waals surface area contributed by atoms with Crippen molar-refractivity contribution in [3.8, 4) is 0 Å². The highest BCUT2D eigenvalue weighted by Gasteiger charge is 2.31. The standard InChI is InChI=1S/C36H31N3O2/c1-37-24-25(26-13-3-7-17-31(26)37)23-30-27-14-4-8-18-32(27)39(36(30)41)22-12-2-11-21-38-33-19-9-5-15-28(33)35(40)29-16-6-10-20-34(29)38/h3-10,13-20,23-24H,2,11-12,21-22H2,1H3/b30-23-. The molecule has 1 aliphatic heterocycles. The second-order valence-electron chi connectivity index (χ2n) is 10.8. The smallest absolute Gasteiger partial charge is 0.258 e. The number of amides is 1. The van der Waals surface area contributed by atoms with Gasteiger partial charge >= 0.3 is 0 Å². The fourth-order valence-corrected chi connectivity index (χ4v) is 6.35. The molecular formula is C36H31N3O2. The number of rotatable bonds is 7. The van der Waals surface area contributed by atoms with E-state index in [2.05, 4.69) is 45.7 Å². The van der Waals surface area contributed by atoms with E-state index < -0.39 is 0 Å². The van der Waals surface area contributed by atoms with Gasteiger partial charge in [0.25, 0.3) is 5.91 Å². The fraction of sp³-hybridized carbons (Fsp3) is 0.167. The van der Waals surface area contributed by atoms with Crippen LogP contribution < -0.4 is 10.3 Å². The van der Waals surface area contributed by atoms with E-state index in [0.29, 0.717) is 6.54 Å². The third-order valence-electron chi connectivity index (χ3n) is 8.33. The lowest BCUT2D eigenvalue weighted by Gasteiger charge is -2.18. The summed E-state index contributed by atoms with van der Waals surface area (Å²) >= 11 is 0. The number of hydrogen-bond donors (Lipinski definition) is 0. The number of fused-ring (bicyclic) bond motifs is 4. The summed E-state index contributed by atoms with van der Waals surface area (Å²) in [5, 5.41) is 2.67. The van der Waals surface area contributed by atoms with Gasteiger partial charge in [-0.2, -0.15) is 0 Å². The van der Waals surface area contributed by atoms with Crippen LogP contribution in [0.25, 0.3) is 44.4 Å². The molecule has 41 heavy (non-hydrogen) atoms. The first-order chi connectivity index (χ1) is 20.1. The van der Waals surface area contributed by atoms with Crippen molar-refractivity contribution in [1.29, 1.82) is 0 Å². The number of hydrogen-bond acceptors (Lipinski definition) is 2. The number of pyridine rings is 1. The number of nitrogens with zero attached hydrogens (tertiary/aromatic N) is 3. The fourth-order valence-electron chi connectivity index (χ4n) is 6.35. The Bertz CT molecular complexity index is 1990. The first-order valence-electron chi connectivity index (χ1n) is 14.3. The van der Waals surface area contributed by atoms with Gasteiger partial charge in [0, 0.05) is 64.7 Å². The Hall–Kier alpha value is -4.90. The van der Waals surface area contributed by atoms with Crippen molar-refractivity contribution in [2.24, 2.45) is 7.05 Å². The third-order valence-corrected chi connectivity index (χ3v) is 8.33. The van der Waals surface area contributed by atoms with Crippen molar-refractivity contribution in [1.82, 2.24) is 9.13 Å². The van der Waals surface area contributed by atoms with Gasteiger partial charge in [-0.25, -0.2) is 0 Å². The van der Waals surface area contributed by atoms with Gasteiger partial charge in [0.2, 0.25) is 0 Å². The average Bonchev–Trinajstić information content (AvgIpc) is 3.47. The predicted molar refractivity (Wildman–Crippen MR) is 169 cm³/mol. The van der Waals surface area contributed by atoms with Gasteiger partial charge in [-0.3, -0.25) is 9.59 Å². The average molecular weight is 538 g/mol. The topological polar surface area (TPSA) is 47.2 Å². The SMILES string of the molecule is Cn1cc(/C=C2\C(=O)N(CCCCCn3c4ccccc4c(=O)c4ccccc43)c3ccccc32)c2ccccc21. The molecular weight excluding hydrogens is 506 g/mol. The lowest BCUT2D eigenvalue weighted by Crippen LogP contribution is -2.27. The van der Waals surface area contributed by atoms with E-state index in [0.717, 1.165) is 80.9 Å². The molecule has 0 spiro atoms. The minimum atomic E-state index is 0.0662. The van der Waals surface area contributed by atoms with Crippen LogP contribution in [0.15, 0.2) is 108 Å². The molecule has 7 rings (SSSR count). The van der Waals surface area contributed by atoms with Crippen molar-refractivity contribution in [2.75, 3.05) is 11.4 Å². The first kappa shape index (κ1) is 25.1. The number of benzene rings is 4. The summed E-state index contributed by atoms with van der Waals surface area (Å²) in [6.07, 6.45) is 6.98. The summed E-state index contributed by atoms with van der Waals surface area (Å²) in [4.78, 5) is 28.7. The monoisotopic (exact) mass is 537 g/mol. The summed E-state index contributed by atoms with van der Waals surface area (Å²) in [6.45, 7) is 1.49. The molecule has 0 N–H and O–H groups in total. The van der Waals surface area contributed by atoms with Crippen LogP contribution in [0.5, 0.6) is 0 Å². The molecule has 0 bridgehead atoms. The molecule has 0 radical (unpaired) electrons. The predicted octanol–water partition coefficient (Wildman–Crippen LogP) is 7.40. The van der Waals surface area contributed by atoms with Crippen LogP contribution in [0.1, 0.15) is 30.4 Å². The van der Waals surface area contributed by atoms with Crippen LogP contribution >= 0.6 is 0 Å². The molecule has 3 heterocycles. The van der Waals surface area contributed by atoms with E-state index in [-0.39, 0.29) is 11.3 Å². The largest absolute Gasteiger partial charge is 0.350 e. The van der Waals surface area contributed by atoms with E-state index in [1.165, 1.54) is 0 Å². The number of aromatic nitrogens is 2. The molecule has 5 nitrogen and oxygen atoms in total. The second-order valence-corrected chi connectivity index (χ2v) is 10.8. The minimum Gasteiger partial charge on any atom is -0.350 e. The van der Waals surface area contributed by atoms with Gasteiger partial charge in [-0.05, 0) is 61.7 Å². The molecule has 0 saturated carbocycles. The van der Waals surface area contributed by atoms with Crippen LogP contribution in [0.2, 0.25) is 0 Å². The molecule has 1 amide bonds. The van der Waals surface area contributed by atoms with Crippen LogP contribution in [-0.2, 0) is 18.4 Å². The Labute approximate surface area is 238 Å². The summed E-state index contributed by atoms with van der Waals surface area (Å²) in [6, 6.07) is 32.2. The molecule has 202 valence electrons. The summed E-state index contributed by atoms with van der Waals surface area (Å²) < 4.78 is 4.38. The van der Waals surface area contributed by atoms with Gasteiger partial charge in [0.15, 0.2) is 5.43 Å². The third kappa shape index (κ3) is 4.25. The Morgan fingerprint density at radius 1 is 0.634 bits per heavy atom. The van der Waals surface area contributed by atoms with Crippen LogP contribution in [0.4, 0.5) is 5.69 Å². The van der Waals surface area contributed by atoms with Crippen molar-refractivity contribution >= 4 is 56.0 Å². The number of carbonyl (C=O) groups excluding carboxylic acids is 1. The van der Waals surface area contributed by atoms with Crippen molar-refractivity contribution in [3.63, 3.8) is 0 Å². The van der Waals surface area contributed by atoms with Gasteiger partial charge in [0.1, 0.15) is 0 Å². The number of para-hydroxylation sites is 4. The van der Waals surface area contributed by atoms with Crippen LogP contribution in [0, 0.1) is 0 Å². The highest BCUT2D eigenvalue weighted by molar-refractivity contribution is 6.36. The van der Waals surface area contributed by atoms with E-state index in [4.69, 9.17) is 0 Å². The number of anilines is 1. The van der Waals surface area contributed by atoms with E-state index in [1.54, 1.807) is 0 Å². The summed E-state index contributed by atoms with van der Waals surface area (Å²) in [5.41, 5.74) is 6.99. The maximum absolute atomic E-state index is 13.7. The van der Waals surface area contributed by atoms with Gasteiger partial charge < -0.3 is 14.0 Å². The lowest BCUT2D eigenvalue weighted by atomic mass is 10.0. The zero-order valence-corrected chi connectivity index (χ0v) is 23.1. The highest BCUT2D eigenvalue weighted by Crippen LogP contribution is 2.38. The van der Waals surface area contributed by atoms with E-state index in [1.807, 2.05) is 84.7 Å². The Balaban J connectivity index is 1.10. The number of unbranched alkanes of at least 4 members (excludes halogenated alkanes) is 2. The van der Waals surface area contributed by atoms with Gasteiger partial charge in [-0.15, -0.1) is 0 Å². The normalized spacial score (nSPS) is 14.1. The molecule has 0 atom stereocenters. The zero-order valence-electron chi connectivity index (χ0n) is 23.1. The van der Waals surface area contributed by atoms with Gasteiger partial charge in [-0.1, -0.05) is 60.7 Å². The summed E-state index contributed by atoms with van der Waals surface area (Å²) in [5.74, 6) is 0.0662. The molecule has 2 aromatic heterocycles. The van der Waals surface area contributed by atoms with Crippen molar-refractivity contribution in [2.45, 2.75) is 25.8 Å². The Kier molecular flexibility index (Phi) is 6.27. The molecule has 5 heteroatoms. The van der Waals surface area contributed by atoms with E-state index >= 15 is 0 Å². The maximum Gasteiger partial charge on any atom is 0.258 e. The quantitative estimate of drug-likeness (QED) is 0.121. The summed E-state index contributed by atoms with van der Waals surface area (Å²) in [7, 11) is 2.04. The Morgan fingerprint density at radius 3 is 1.95 bits per heavy atom. The van der Waals surface area contributed by atoms with Crippen molar-refractivity contribution in [3.05, 3.63) is 125 Å². The first-order valence-corrected chi connectivity index (χ1v) is 14.3. The van der Waals surface area contributed by atoms with Gasteiger partial charge in [0.05, 0.1) is 16.7 Å². The molecule has 0 aliphatic carbocycles. The number of aryl methyl sites for hydroxylation is 2. The molecule has 0 unspecified atom stereocenters. The van der Waals surface area contributed by atoms with Crippen molar-refractivity contribution < 1.29 is 4.79 Å². The number of carbonyl (C=O) groups is 1. The maximum atomic E-state index is 13.7. The minimum absolute atomic E-state index is 0.0662. The molecule has 0 fully saturated rings. The lowest BCUT2D eigenvalue weighted by molar-refractivity contribution is -0.113. The molecule has 0 saturated heterocycles. The molecule has 6 aromatic rings. The van der Waals surface area contributed by atoms with E-state index in [9.17, 15) is 9.59 Å². The Morgan fingerprint density at radius 2 is 1.22 bits per heavy atom.